The smallest absolute Gasteiger partial charge is 0.126 e. The van der Waals surface area contributed by atoms with E-state index in [0.717, 1.165) is 16.2 Å². The first kappa shape index (κ1) is 14.6. The van der Waals surface area contributed by atoms with Crippen molar-refractivity contribution in [2.45, 2.75) is 49.0 Å². The Hall–Kier alpha value is -1.32. The van der Waals surface area contributed by atoms with E-state index in [-0.39, 0.29) is 5.82 Å². The summed E-state index contributed by atoms with van der Waals surface area (Å²) in [5, 5.41) is 9.87. The summed E-state index contributed by atoms with van der Waals surface area (Å²) in [5.74, 6) is -0.260. The van der Waals surface area contributed by atoms with Gasteiger partial charge < -0.3 is 5.11 Å². The summed E-state index contributed by atoms with van der Waals surface area (Å²) in [4.78, 5) is 2.09. The van der Waals surface area contributed by atoms with Crippen LogP contribution >= 0.6 is 11.8 Å². The van der Waals surface area contributed by atoms with Gasteiger partial charge in [-0.25, -0.2) is 4.39 Å². The van der Waals surface area contributed by atoms with Gasteiger partial charge in [0.05, 0.1) is 6.10 Å². The van der Waals surface area contributed by atoms with Crippen molar-refractivity contribution in [3.63, 3.8) is 0 Å². The van der Waals surface area contributed by atoms with Crippen molar-refractivity contribution in [3.05, 3.63) is 58.4 Å². The summed E-state index contributed by atoms with van der Waals surface area (Å²) in [6.45, 7) is 3.44. The van der Waals surface area contributed by atoms with E-state index in [1.165, 1.54) is 30.0 Å². The predicted octanol–water partition coefficient (Wildman–Crippen LogP) is 4.83. The Kier molecular flexibility index (Phi) is 4.05. The fourth-order valence-electron chi connectivity index (χ4n) is 2.82. The normalized spacial score (nSPS) is 15.0. The van der Waals surface area contributed by atoms with Gasteiger partial charge in [-0.15, -0.1) is 0 Å². The Morgan fingerprint density at radius 3 is 2.67 bits per heavy atom. The molecule has 110 valence electrons. The summed E-state index contributed by atoms with van der Waals surface area (Å²) in [6.07, 6.45) is 2.89. The lowest BCUT2D eigenvalue weighted by molar-refractivity contribution is 0.196. The fourth-order valence-corrected chi connectivity index (χ4v) is 4.00. The molecule has 3 rings (SSSR count). The summed E-state index contributed by atoms with van der Waals surface area (Å²) in [5.41, 5.74) is 4.15. The molecule has 0 unspecified atom stereocenters. The Bertz CT molecular complexity index is 679. The molecule has 1 atom stereocenters. The van der Waals surface area contributed by atoms with Crippen molar-refractivity contribution in [2.24, 2.45) is 0 Å². The number of hydrogen-bond acceptors (Lipinski definition) is 2. The number of benzene rings is 2. The molecule has 1 aliphatic carbocycles. The summed E-state index contributed by atoms with van der Waals surface area (Å²) in [7, 11) is 0. The van der Waals surface area contributed by atoms with Crippen molar-refractivity contribution < 1.29 is 9.50 Å². The van der Waals surface area contributed by atoms with Gasteiger partial charge in [-0.2, -0.15) is 0 Å². The number of halogens is 1. The number of aliphatic hydroxyl groups is 1. The van der Waals surface area contributed by atoms with Gasteiger partial charge in [-0.05, 0) is 79.6 Å². The van der Waals surface area contributed by atoms with Gasteiger partial charge in [0.15, 0.2) is 0 Å². The predicted molar refractivity (Wildman–Crippen MR) is 84.4 cm³/mol. The SMILES string of the molecule is Cc1cc(Sc2ccc3c(c2)CCC3)c([C@@H](C)O)cc1F. The number of aryl methyl sites for hydroxylation is 3. The molecule has 0 amide bonds. The highest BCUT2D eigenvalue weighted by Crippen LogP contribution is 2.36. The van der Waals surface area contributed by atoms with E-state index in [1.807, 2.05) is 6.07 Å². The zero-order valence-electron chi connectivity index (χ0n) is 12.3. The average Bonchev–Trinajstić information content (AvgIpc) is 2.89. The molecular weight excluding hydrogens is 283 g/mol. The van der Waals surface area contributed by atoms with Crippen molar-refractivity contribution in [2.75, 3.05) is 0 Å². The number of fused-ring (bicyclic) bond motifs is 1. The van der Waals surface area contributed by atoms with Gasteiger partial charge in [0, 0.05) is 9.79 Å². The van der Waals surface area contributed by atoms with E-state index in [1.54, 1.807) is 25.6 Å². The zero-order chi connectivity index (χ0) is 15.0. The van der Waals surface area contributed by atoms with Crippen LogP contribution in [0, 0.1) is 12.7 Å². The monoisotopic (exact) mass is 302 g/mol. The molecule has 1 aliphatic rings. The molecule has 0 aromatic heterocycles. The topological polar surface area (TPSA) is 20.2 Å². The minimum Gasteiger partial charge on any atom is -0.389 e. The van der Waals surface area contributed by atoms with Gasteiger partial charge >= 0.3 is 0 Å². The molecule has 21 heavy (non-hydrogen) atoms. The molecule has 0 aliphatic heterocycles. The Balaban J connectivity index is 1.95. The third kappa shape index (κ3) is 2.99. The molecule has 0 heterocycles. The molecule has 0 saturated heterocycles. The van der Waals surface area contributed by atoms with E-state index < -0.39 is 6.10 Å². The van der Waals surface area contributed by atoms with Crippen molar-refractivity contribution in [3.8, 4) is 0 Å². The van der Waals surface area contributed by atoms with Crippen LogP contribution < -0.4 is 0 Å². The number of rotatable bonds is 3. The first-order chi connectivity index (χ1) is 10.0. The van der Waals surface area contributed by atoms with Gasteiger partial charge in [-0.1, -0.05) is 17.8 Å². The lowest BCUT2D eigenvalue weighted by atomic mass is 10.1. The molecule has 1 N–H and O–H groups in total. The zero-order valence-corrected chi connectivity index (χ0v) is 13.1. The number of hydrogen-bond donors (Lipinski definition) is 1. The average molecular weight is 302 g/mol. The fraction of sp³-hybridized carbons (Fsp3) is 0.333. The second kappa shape index (κ2) is 5.82. The maximum atomic E-state index is 13.7. The quantitative estimate of drug-likeness (QED) is 0.876. The van der Waals surface area contributed by atoms with Crippen LogP contribution in [0.1, 0.15) is 41.7 Å². The van der Waals surface area contributed by atoms with Crippen LogP contribution in [0.25, 0.3) is 0 Å². The van der Waals surface area contributed by atoms with E-state index in [0.29, 0.717) is 11.1 Å². The second-order valence-corrected chi connectivity index (χ2v) is 6.82. The highest BCUT2D eigenvalue weighted by atomic mass is 32.2. The maximum Gasteiger partial charge on any atom is 0.126 e. The van der Waals surface area contributed by atoms with Crippen LogP contribution in [0.3, 0.4) is 0 Å². The van der Waals surface area contributed by atoms with Gasteiger partial charge in [0.25, 0.3) is 0 Å². The van der Waals surface area contributed by atoms with Crippen LogP contribution in [0.15, 0.2) is 40.1 Å². The van der Waals surface area contributed by atoms with E-state index in [4.69, 9.17) is 0 Å². The van der Waals surface area contributed by atoms with E-state index in [9.17, 15) is 9.50 Å². The van der Waals surface area contributed by atoms with Crippen LogP contribution in [0.5, 0.6) is 0 Å². The van der Waals surface area contributed by atoms with Crippen molar-refractivity contribution in [1.29, 1.82) is 0 Å². The van der Waals surface area contributed by atoms with Gasteiger partial charge in [0.2, 0.25) is 0 Å². The third-order valence-electron chi connectivity index (χ3n) is 4.04. The Labute approximate surface area is 129 Å². The standard InChI is InChI=1S/C18H19FOS/c1-11-8-18(16(12(2)20)10-17(11)19)21-15-7-6-13-4-3-5-14(13)9-15/h6-10,12,20H,3-5H2,1-2H3/t12-/m1/s1. The summed E-state index contributed by atoms with van der Waals surface area (Å²) < 4.78 is 13.7. The molecule has 0 radical (unpaired) electrons. The van der Waals surface area contributed by atoms with Gasteiger partial charge in [-0.3, -0.25) is 0 Å². The first-order valence-corrected chi connectivity index (χ1v) is 8.14. The largest absolute Gasteiger partial charge is 0.389 e. The van der Waals surface area contributed by atoms with Crippen LogP contribution in [-0.4, -0.2) is 5.11 Å². The first-order valence-electron chi connectivity index (χ1n) is 7.32. The molecular formula is C18H19FOS. The molecule has 3 heteroatoms. The minimum atomic E-state index is -0.669. The van der Waals surface area contributed by atoms with Crippen LogP contribution in [0.2, 0.25) is 0 Å². The van der Waals surface area contributed by atoms with Crippen LogP contribution in [0.4, 0.5) is 4.39 Å². The maximum absolute atomic E-state index is 13.7. The van der Waals surface area contributed by atoms with Crippen LogP contribution in [-0.2, 0) is 12.8 Å². The van der Waals surface area contributed by atoms with E-state index >= 15 is 0 Å². The lowest BCUT2D eigenvalue weighted by Gasteiger charge is -2.14. The molecule has 1 nitrogen and oxygen atoms in total. The third-order valence-corrected chi connectivity index (χ3v) is 5.10. The Morgan fingerprint density at radius 2 is 1.90 bits per heavy atom. The van der Waals surface area contributed by atoms with E-state index in [2.05, 4.69) is 18.2 Å². The second-order valence-electron chi connectivity index (χ2n) is 5.70. The van der Waals surface area contributed by atoms with Crippen molar-refractivity contribution >= 4 is 11.8 Å². The molecule has 0 fully saturated rings. The molecule has 2 aromatic carbocycles. The number of aliphatic hydroxyl groups excluding tert-OH is 1. The van der Waals surface area contributed by atoms with Gasteiger partial charge in [0.1, 0.15) is 5.82 Å². The highest BCUT2D eigenvalue weighted by molar-refractivity contribution is 7.99. The molecule has 0 spiro atoms. The summed E-state index contributed by atoms with van der Waals surface area (Å²) in [6, 6.07) is 9.84. The lowest BCUT2D eigenvalue weighted by Crippen LogP contribution is -1.97. The molecule has 0 bridgehead atoms. The summed E-state index contributed by atoms with van der Waals surface area (Å²) >= 11 is 1.60. The Morgan fingerprint density at radius 1 is 1.14 bits per heavy atom. The minimum absolute atomic E-state index is 0.260. The van der Waals surface area contributed by atoms with Crippen molar-refractivity contribution in [1.82, 2.24) is 0 Å². The molecule has 0 saturated carbocycles. The highest BCUT2D eigenvalue weighted by Gasteiger charge is 2.15. The molecule has 2 aromatic rings.